The molecule has 1 aromatic heterocycles. The van der Waals surface area contributed by atoms with Gasteiger partial charge in [0.2, 0.25) is 11.8 Å². The van der Waals surface area contributed by atoms with Crippen LogP contribution < -0.4 is 16.0 Å². The maximum absolute atomic E-state index is 12.8. The van der Waals surface area contributed by atoms with Gasteiger partial charge in [0.25, 0.3) is 5.91 Å². The second kappa shape index (κ2) is 10.7. The fourth-order valence-electron chi connectivity index (χ4n) is 2.59. The van der Waals surface area contributed by atoms with Crippen LogP contribution in [0.15, 0.2) is 24.5 Å². The number of amides is 3. The van der Waals surface area contributed by atoms with Crippen LogP contribution in [0.4, 0.5) is 0 Å². The van der Waals surface area contributed by atoms with Crippen LogP contribution in [0.5, 0.6) is 0 Å². The Morgan fingerprint density at radius 3 is 2.07 bits per heavy atom. The Labute approximate surface area is 172 Å². The molecule has 3 amide bonds. The van der Waals surface area contributed by atoms with E-state index >= 15 is 0 Å². The molecule has 0 aliphatic heterocycles. The molecule has 3 atom stereocenters. The van der Waals surface area contributed by atoms with Gasteiger partial charge in [0.1, 0.15) is 18.4 Å². The minimum absolute atomic E-state index is 0.0624. The molecule has 0 aliphatic rings. The summed E-state index contributed by atoms with van der Waals surface area (Å²) in [5, 5.41) is 7.98. The zero-order valence-corrected chi connectivity index (χ0v) is 18.0. The van der Waals surface area contributed by atoms with Crippen LogP contribution >= 0.6 is 0 Å². The van der Waals surface area contributed by atoms with Crippen molar-refractivity contribution in [3.8, 4) is 0 Å². The van der Waals surface area contributed by atoms with Crippen molar-refractivity contribution < 1.29 is 19.2 Å². The fourth-order valence-corrected chi connectivity index (χ4v) is 2.59. The molecule has 0 saturated heterocycles. The van der Waals surface area contributed by atoms with Crippen LogP contribution in [-0.2, 0) is 14.4 Å². The number of carbonyl (C=O) groups excluding carboxylic acids is 4. The Bertz CT molecular complexity index is 713. The van der Waals surface area contributed by atoms with Crippen LogP contribution in [0.2, 0.25) is 0 Å². The van der Waals surface area contributed by atoms with Gasteiger partial charge in [-0.25, -0.2) is 0 Å². The number of hydrogen-bond donors (Lipinski definition) is 3. The van der Waals surface area contributed by atoms with Crippen molar-refractivity contribution >= 4 is 24.0 Å². The standard InChI is InChI=1S/C21H32N4O4/c1-13(2)17(12-26)25-18(27)14(3)23-20(29)16(11-21(4,5)6)24-19(28)15-7-9-22-10-8-15/h7-10,12-14,16-17H,11H2,1-6H3,(H,23,29)(H,24,28)(H,25,27). The lowest BCUT2D eigenvalue weighted by molar-refractivity contribution is -0.131. The summed E-state index contributed by atoms with van der Waals surface area (Å²) in [5.74, 6) is -1.38. The Hall–Kier alpha value is -2.77. The summed E-state index contributed by atoms with van der Waals surface area (Å²) in [6, 6.07) is 0.812. The fraction of sp³-hybridized carbons (Fsp3) is 0.571. The van der Waals surface area contributed by atoms with Crippen molar-refractivity contribution in [3.63, 3.8) is 0 Å². The van der Waals surface area contributed by atoms with Gasteiger partial charge in [0.05, 0.1) is 6.04 Å². The van der Waals surface area contributed by atoms with Gasteiger partial charge in [-0.3, -0.25) is 19.4 Å². The molecule has 3 unspecified atom stereocenters. The molecule has 0 saturated carbocycles. The number of nitrogens with zero attached hydrogens (tertiary/aromatic N) is 1. The van der Waals surface area contributed by atoms with Crippen molar-refractivity contribution in [2.45, 2.75) is 66.1 Å². The van der Waals surface area contributed by atoms with Crippen LogP contribution in [0.1, 0.15) is 58.3 Å². The van der Waals surface area contributed by atoms with E-state index in [2.05, 4.69) is 20.9 Å². The first kappa shape index (κ1) is 24.3. The lowest BCUT2D eigenvalue weighted by atomic mass is 9.87. The second-order valence-electron chi connectivity index (χ2n) is 8.67. The predicted octanol–water partition coefficient (Wildman–Crippen LogP) is 1.46. The predicted molar refractivity (Wildman–Crippen MR) is 110 cm³/mol. The van der Waals surface area contributed by atoms with Gasteiger partial charge in [-0.1, -0.05) is 34.6 Å². The zero-order valence-electron chi connectivity index (χ0n) is 18.0. The molecule has 0 radical (unpaired) electrons. The monoisotopic (exact) mass is 404 g/mol. The zero-order chi connectivity index (χ0) is 22.2. The molecular formula is C21H32N4O4. The first-order valence-electron chi connectivity index (χ1n) is 9.71. The molecule has 3 N–H and O–H groups in total. The van der Waals surface area contributed by atoms with Gasteiger partial charge in [-0.05, 0) is 36.8 Å². The highest BCUT2D eigenvalue weighted by Crippen LogP contribution is 2.21. The Kier molecular flexibility index (Phi) is 8.94. The summed E-state index contributed by atoms with van der Waals surface area (Å²) in [4.78, 5) is 52.6. The van der Waals surface area contributed by atoms with Gasteiger partial charge in [-0.2, -0.15) is 0 Å². The van der Waals surface area contributed by atoms with E-state index in [0.717, 1.165) is 0 Å². The summed E-state index contributed by atoms with van der Waals surface area (Å²) < 4.78 is 0. The molecule has 29 heavy (non-hydrogen) atoms. The number of pyridine rings is 1. The highest BCUT2D eigenvalue weighted by Gasteiger charge is 2.29. The smallest absolute Gasteiger partial charge is 0.252 e. The van der Waals surface area contributed by atoms with Gasteiger partial charge >= 0.3 is 0 Å². The number of hydrogen-bond acceptors (Lipinski definition) is 5. The van der Waals surface area contributed by atoms with Gasteiger partial charge in [0.15, 0.2) is 0 Å². The van der Waals surface area contributed by atoms with E-state index in [1.54, 1.807) is 12.1 Å². The topological polar surface area (TPSA) is 117 Å². The molecule has 1 aromatic rings. The maximum Gasteiger partial charge on any atom is 0.252 e. The van der Waals surface area contributed by atoms with Crippen molar-refractivity contribution in [2.24, 2.45) is 11.3 Å². The number of nitrogens with one attached hydrogen (secondary N) is 3. The van der Waals surface area contributed by atoms with Crippen LogP contribution in [-0.4, -0.2) is 47.1 Å². The van der Waals surface area contributed by atoms with E-state index in [4.69, 9.17) is 0 Å². The normalized spacial score (nSPS) is 14.4. The molecule has 8 nitrogen and oxygen atoms in total. The van der Waals surface area contributed by atoms with E-state index in [9.17, 15) is 19.2 Å². The number of carbonyl (C=O) groups is 4. The lowest BCUT2D eigenvalue weighted by Crippen LogP contribution is -2.55. The number of rotatable bonds is 9. The molecule has 1 heterocycles. The molecule has 0 spiro atoms. The lowest BCUT2D eigenvalue weighted by Gasteiger charge is -2.27. The largest absolute Gasteiger partial charge is 0.345 e. The van der Waals surface area contributed by atoms with Crippen molar-refractivity contribution in [2.75, 3.05) is 0 Å². The third kappa shape index (κ3) is 8.41. The summed E-state index contributed by atoms with van der Waals surface area (Å²) in [5.41, 5.74) is 0.155. The van der Waals surface area contributed by atoms with E-state index in [-0.39, 0.29) is 11.3 Å². The summed E-state index contributed by atoms with van der Waals surface area (Å²) in [7, 11) is 0. The summed E-state index contributed by atoms with van der Waals surface area (Å²) in [6.07, 6.45) is 4.05. The molecular weight excluding hydrogens is 372 g/mol. The van der Waals surface area contributed by atoms with E-state index in [0.29, 0.717) is 18.3 Å². The highest BCUT2D eigenvalue weighted by atomic mass is 16.2. The van der Waals surface area contributed by atoms with E-state index in [1.807, 2.05) is 34.6 Å². The SMILES string of the molecule is CC(NC(=O)C(CC(C)(C)C)NC(=O)c1ccncc1)C(=O)NC(C=O)C(C)C. The quantitative estimate of drug-likeness (QED) is 0.539. The minimum atomic E-state index is -0.857. The van der Waals surface area contributed by atoms with Gasteiger partial charge < -0.3 is 20.7 Å². The van der Waals surface area contributed by atoms with E-state index < -0.39 is 35.8 Å². The molecule has 0 fully saturated rings. The third-order valence-corrected chi connectivity index (χ3v) is 4.31. The Morgan fingerprint density at radius 1 is 1.00 bits per heavy atom. The van der Waals surface area contributed by atoms with E-state index in [1.165, 1.54) is 19.3 Å². The highest BCUT2D eigenvalue weighted by molar-refractivity contribution is 5.98. The first-order chi connectivity index (χ1) is 13.4. The third-order valence-electron chi connectivity index (χ3n) is 4.31. The summed E-state index contributed by atoms with van der Waals surface area (Å²) in [6.45, 7) is 11.0. The number of aldehydes is 1. The Morgan fingerprint density at radius 2 is 1.59 bits per heavy atom. The molecule has 8 heteroatoms. The van der Waals surface area contributed by atoms with Gasteiger partial charge in [-0.15, -0.1) is 0 Å². The van der Waals surface area contributed by atoms with Crippen molar-refractivity contribution in [1.29, 1.82) is 0 Å². The maximum atomic E-state index is 12.8. The molecule has 160 valence electrons. The molecule has 0 bridgehead atoms. The second-order valence-corrected chi connectivity index (χ2v) is 8.67. The van der Waals surface area contributed by atoms with Gasteiger partial charge in [0, 0.05) is 18.0 Å². The van der Waals surface area contributed by atoms with Crippen LogP contribution in [0.3, 0.4) is 0 Å². The minimum Gasteiger partial charge on any atom is -0.345 e. The molecule has 0 aliphatic carbocycles. The van der Waals surface area contributed by atoms with Crippen molar-refractivity contribution in [3.05, 3.63) is 30.1 Å². The molecule has 1 rings (SSSR count). The number of aromatic nitrogens is 1. The Balaban J connectivity index is 2.84. The molecule has 0 aromatic carbocycles. The van der Waals surface area contributed by atoms with Crippen LogP contribution in [0, 0.1) is 11.3 Å². The average Bonchev–Trinajstić information content (AvgIpc) is 2.64. The van der Waals surface area contributed by atoms with Crippen molar-refractivity contribution in [1.82, 2.24) is 20.9 Å². The van der Waals surface area contributed by atoms with Crippen LogP contribution in [0.25, 0.3) is 0 Å². The summed E-state index contributed by atoms with van der Waals surface area (Å²) >= 11 is 0. The first-order valence-corrected chi connectivity index (χ1v) is 9.71. The average molecular weight is 405 g/mol.